The van der Waals surface area contributed by atoms with Crippen molar-refractivity contribution >= 4 is 29.9 Å². The fraction of sp³-hybridized carbons (Fsp3) is 0.600. The van der Waals surface area contributed by atoms with Gasteiger partial charge in [0.25, 0.3) is 0 Å². The molecule has 1 fully saturated rings. The minimum atomic E-state index is -0.423. The van der Waals surface area contributed by atoms with E-state index in [1.54, 1.807) is 17.0 Å². The molecule has 29 heavy (non-hydrogen) atoms. The number of benzene rings is 1. The van der Waals surface area contributed by atoms with Crippen molar-refractivity contribution in [2.75, 3.05) is 39.3 Å². The number of carbonyl (C=O) groups excluding carboxylic acids is 2. The van der Waals surface area contributed by atoms with Crippen LogP contribution in [0, 0.1) is 11.8 Å². The number of rotatable bonds is 9. The van der Waals surface area contributed by atoms with Gasteiger partial charge in [-0.1, -0.05) is 13.8 Å². The number of hydrogen-bond acceptors (Lipinski definition) is 6. The van der Waals surface area contributed by atoms with Crippen LogP contribution in [0.5, 0.6) is 17.2 Å². The molecule has 9 heteroatoms. The number of ether oxygens (including phenoxy) is 3. The van der Waals surface area contributed by atoms with Gasteiger partial charge in [0.15, 0.2) is 11.5 Å². The molecule has 8 nitrogen and oxygen atoms in total. The van der Waals surface area contributed by atoms with Crippen molar-refractivity contribution in [3.63, 3.8) is 0 Å². The van der Waals surface area contributed by atoms with Crippen LogP contribution in [0.4, 0.5) is 5.69 Å². The van der Waals surface area contributed by atoms with Gasteiger partial charge in [-0.25, -0.2) is 0 Å². The zero-order valence-electron chi connectivity index (χ0n) is 17.7. The second-order valence-electron chi connectivity index (χ2n) is 7.36. The first-order valence-corrected chi connectivity index (χ1v) is 9.45. The molecule has 0 aliphatic carbocycles. The Kier molecular flexibility index (Phi) is 9.52. The van der Waals surface area contributed by atoms with E-state index in [1.807, 2.05) is 0 Å². The molecule has 1 aliphatic rings. The van der Waals surface area contributed by atoms with E-state index < -0.39 is 5.92 Å². The molecule has 0 bridgehead atoms. The molecule has 0 radical (unpaired) electrons. The standard InChI is InChI=1S/C20H31N3O5.ClH/c1-12(2)6-14(10-21)22-20(25)13-7-18(24)23(11-13)15-8-16(26-3)19(28-5)17(9-15)27-4;/h8-9,12-14H,6-7,10-11,21H2,1-5H3,(H,22,25);1H. The lowest BCUT2D eigenvalue weighted by Crippen LogP contribution is -2.44. The summed E-state index contributed by atoms with van der Waals surface area (Å²) in [5.41, 5.74) is 6.38. The van der Waals surface area contributed by atoms with Gasteiger partial charge in [-0.3, -0.25) is 9.59 Å². The molecule has 1 aromatic rings. The predicted molar refractivity (Wildman–Crippen MR) is 114 cm³/mol. The number of nitrogens with two attached hydrogens (primary N) is 1. The van der Waals surface area contributed by atoms with Crippen LogP contribution in [0.3, 0.4) is 0 Å². The van der Waals surface area contributed by atoms with E-state index in [9.17, 15) is 9.59 Å². The maximum atomic E-state index is 12.7. The minimum absolute atomic E-state index is 0. The van der Waals surface area contributed by atoms with E-state index in [0.717, 1.165) is 6.42 Å². The minimum Gasteiger partial charge on any atom is -0.493 e. The van der Waals surface area contributed by atoms with Gasteiger partial charge in [0.1, 0.15) is 0 Å². The van der Waals surface area contributed by atoms with Gasteiger partial charge in [0.2, 0.25) is 17.6 Å². The third kappa shape index (κ3) is 5.90. The number of methoxy groups -OCH3 is 3. The summed E-state index contributed by atoms with van der Waals surface area (Å²) in [6, 6.07) is 3.33. The van der Waals surface area contributed by atoms with E-state index in [2.05, 4.69) is 19.2 Å². The Morgan fingerprint density at radius 2 is 1.79 bits per heavy atom. The van der Waals surface area contributed by atoms with E-state index >= 15 is 0 Å². The quantitative estimate of drug-likeness (QED) is 0.622. The van der Waals surface area contributed by atoms with Crippen molar-refractivity contribution in [1.82, 2.24) is 5.32 Å². The predicted octanol–water partition coefficient (Wildman–Crippen LogP) is 1.98. The van der Waals surface area contributed by atoms with Crippen molar-refractivity contribution in [2.45, 2.75) is 32.7 Å². The number of nitrogens with one attached hydrogen (secondary N) is 1. The van der Waals surface area contributed by atoms with Crippen LogP contribution in [0.15, 0.2) is 12.1 Å². The Balaban J connectivity index is 0.00000420. The molecule has 2 unspecified atom stereocenters. The lowest BCUT2D eigenvalue weighted by molar-refractivity contribution is -0.127. The molecule has 2 atom stereocenters. The largest absolute Gasteiger partial charge is 0.493 e. The third-order valence-electron chi connectivity index (χ3n) is 4.84. The van der Waals surface area contributed by atoms with E-state index in [0.29, 0.717) is 41.9 Å². The highest BCUT2D eigenvalue weighted by molar-refractivity contribution is 6.00. The van der Waals surface area contributed by atoms with Gasteiger partial charge >= 0.3 is 0 Å². The van der Waals surface area contributed by atoms with Gasteiger partial charge < -0.3 is 30.2 Å². The van der Waals surface area contributed by atoms with E-state index in [1.165, 1.54) is 21.3 Å². The lowest BCUT2D eigenvalue weighted by atomic mass is 10.0. The maximum Gasteiger partial charge on any atom is 0.227 e. The second kappa shape index (κ2) is 11.1. The van der Waals surface area contributed by atoms with Gasteiger partial charge in [0, 0.05) is 37.7 Å². The van der Waals surface area contributed by atoms with Gasteiger partial charge in [-0.15, -0.1) is 12.4 Å². The van der Waals surface area contributed by atoms with Crippen LogP contribution in [0.25, 0.3) is 0 Å². The molecular formula is C20H32ClN3O5. The average Bonchev–Trinajstić information content (AvgIpc) is 3.07. The van der Waals surface area contributed by atoms with Crippen LogP contribution < -0.4 is 30.2 Å². The zero-order chi connectivity index (χ0) is 20.8. The summed E-state index contributed by atoms with van der Waals surface area (Å²) in [7, 11) is 4.56. The number of anilines is 1. The number of nitrogens with zero attached hydrogens (tertiary/aromatic N) is 1. The molecule has 1 heterocycles. The first-order valence-electron chi connectivity index (χ1n) is 9.45. The van der Waals surface area contributed by atoms with E-state index in [-0.39, 0.29) is 36.7 Å². The highest BCUT2D eigenvalue weighted by atomic mass is 35.5. The number of halogens is 1. The molecule has 1 aromatic carbocycles. The van der Waals surface area contributed by atoms with Gasteiger partial charge in [-0.05, 0) is 12.3 Å². The Morgan fingerprint density at radius 1 is 1.21 bits per heavy atom. The monoisotopic (exact) mass is 429 g/mol. The lowest BCUT2D eigenvalue weighted by Gasteiger charge is -2.22. The number of carbonyl (C=O) groups is 2. The second-order valence-corrected chi connectivity index (χ2v) is 7.36. The maximum absolute atomic E-state index is 12.7. The average molecular weight is 430 g/mol. The third-order valence-corrected chi connectivity index (χ3v) is 4.84. The van der Waals surface area contributed by atoms with Crippen LogP contribution in [-0.2, 0) is 9.59 Å². The molecule has 164 valence electrons. The van der Waals surface area contributed by atoms with Crippen LogP contribution in [0.2, 0.25) is 0 Å². The van der Waals surface area contributed by atoms with Crippen molar-refractivity contribution in [2.24, 2.45) is 17.6 Å². The van der Waals surface area contributed by atoms with Crippen LogP contribution in [0.1, 0.15) is 26.7 Å². The van der Waals surface area contributed by atoms with Crippen LogP contribution in [-0.4, -0.2) is 52.3 Å². The number of amides is 2. The fourth-order valence-electron chi connectivity index (χ4n) is 3.46. The van der Waals surface area contributed by atoms with E-state index in [4.69, 9.17) is 19.9 Å². The molecule has 0 spiro atoms. The molecular weight excluding hydrogens is 398 g/mol. The van der Waals surface area contributed by atoms with Crippen LogP contribution >= 0.6 is 12.4 Å². The molecule has 2 amide bonds. The number of hydrogen-bond donors (Lipinski definition) is 2. The summed E-state index contributed by atoms with van der Waals surface area (Å²) in [5, 5.41) is 2.98. The highest BCUT2D eigenvalue weighted by Gasteiger charge is 2.36. The molecule has 1 aliphatic heterocycles. The van der Waals surface area contributed by atoms with Gasteiger partial charge in [0.05, 0.1) is 32.9 Å². The molecule has 2 rings (SSSR count). The Labute approximate surface area is 178 Å². The molecule has 3 N–H and O–H groups in total. The highest BCUT2D eigenvalue weighted by Crippen LogP contribution is 2.42. The summed E-state index contributed by atoms with van der Waals surface area (Å²) < 4.78 is 16.0. The first kappa shape index (κ1) is 24.8. The summed E-state index contributed by atoms with van der Waals surface area (Å²) >= 11 is 0. The van der Waals surface area contributed by atoms with Gasteiger partial charge in [-0.2, -0.15) is 0 Å². The van der Waals surface area contributed by atoms with Crippen molar-refractivity contribution in [3.8, 4) is 17.2 Å². The fourth-order valence-corrected chi connectivity index (χ4v) is 3.46. The van der Waals surface area contributed by atoms with Crippen molar-refractivity contribution in [3.05, 3.63) is 12.1 Å². The normalized spacial score (nSPS) is 17.0. The van der Waals surface area contributed by atoms with Crippen molar-refractivity contribution < 1.29 is 23.8 Å². The summed E-state index contributed by atoms with van der Waals surface area (Å²) in [6.07, 6.45) is 0.959. The molecule has 1 saturated heterocycles. The zero-order valence-corrected chi connectivity index (χ0v) is 18.5. The summed E-state index contributed by atoms with van der Waals surface area (Å²) in [5.74, 6) is 1.11. The Morgan fingerprint density at radius 3 is 2.24 bits per heavy atom. The smallest absolute Gasteiger partial charge is 0.227 e. The summed E-state index contributed by atoms with van der Waals surface area (Å²) in [6.45, 7) is 4.84. The Bertz CT molecular complexity index is 688. The SMILES string of the molecule is COc1cc(N2CC(C(=O)NC(CN)CC(C)C)CC2=O)cc(OC)c1OC.Cl. The topological polar surface area (TPSA) is 103 Å². The molecule has 0 saturated carbocycles. The Hall–Kier alpha value is -2.19. The first-order chi connectivity index (χ1) is 13.3. The molecule has 0 aromatic heterocycles. The summed E-state index contributed by atoms with van der Waals surface area (Å²) in [4.78, 5) is 26.8. The van der Waals surface area contributed by atoms with Crippen molar-refractivity contribution in [1.29, 1.82) is 0 Å².